The quantitative estimate of drug-likeness (QED) is 0.665. The van der Waals surface area contributed by atoms with Gasteiger partial charge >= 0.3 is 6.18 Å². The van der Waals surface area contributed by atoms with E-state index in [-0.39, 0.29) is 11.6 Å². The fraction of sp³-hybridized carbons (Fsp3) is 0.316. The highest BCUT2D eigenvalue weighted by Crippen LogP contribution is 2.43. The van der Waals surface area contributed by atoms with Crippen LogP contribution in [0.15, 0.2) is 36.4 Å². The second-order valence-corrected chi connectivity index (χ2v) is 6.50. The average molecular weight is 365 g/mol. The van der Waals surface area contributed by atoms with Crippen molar-refractivity contribution >= 4 is 17.3 Å². The van der Waals surface area contributed by atoms with Crippen LogP contribution in [0.3, 0.4) is 0 Å². The van der Waals surface area contributed by atoms with Crippen LogP contribution in [0.5, 0.6) is 0 Å². The number of nitrogens with zero attached hydrogens (tertiary/aromatic N) is 2. The first-order chi connectivity index (χ1) is 11.8. The molecule has 0 spiro atoms. The largest absolute Gasteiger partial charge is 0.416 e. The Labute approximate surface area is 149 Å². The fourth-order valence-corrected chi connectivity index (χ4v) is 3.70. The Bertz CT molecular complexity index is 840. The normalized spacial score (nSPS) is 17.6. The monoisotopic (exact) mass is 364 g/mol. The lowest BCUT2D eigenvalue weighted by atomic mass is 9.97. The summed E-state index contributed by atoms with van der Waals surface area (Å²) < 4.78 is 40.2. The maximum atomic E-state index is 13.4. The lowest BCUT2D eigenvalue weighted by molar-refractivity contribution is -0.138. The Morgan fingerprint density at radius 1 is 1.20 bits per heavy atom. The minimum absolute atomic E-state index is 0.285. The van der Waals surface area contributed by atoms with E-state index >= 15 is 0 Å². The molecule has 6 heteroatoms. The highest BCUT2D eigenvalue weighted by atomic mass is 35.5. The van der Waals surface area contributed by atoms with Gasteiger partial charge in [0.05, 0.1) is 22.2 Å². The Morgan fingerprint density at radius 3 is 2.60 bits per heavy atom. The molecule has 0 aliphatic carbocycles. The molecule has 1 unspecified atom stereocenters. The van der Waals surface area contributed by atoms with Crippen LogP contribution in [0.1, 0.15) is 41.1 Å². The van der Waals surface area contributed by atoms with Gasteiger partial charge in [0.15, 0.2) is 0 Å². The minimum atomic E-state index is -4.39. The third-order valence-corrected chi connectivity index (χ3v) is 5.15. The Hall–Kier alpha value is -2.19. The number of alkyl halides is 3. The second-order valence-electron chi connectivity index (χ2n) is 6.12. The molecule has 25 heavy (non-hydrogen) atoms. The molecule has 1 atom stereocenters. The number of halogens is 4. The van der Waals surface area contributed by atoms with Gasteiger partial charge in [-0.05, 0) is 49.1 Å². The van der Waals surface area contributed by atoms with E-state index in [1.807, 2.05) is 11.0 Å². The predicted molar refractivity (Wildman–Crippen MR) is 91.7 cm³/mol. The van der Waals surface area contributed by atoms with E-state index in [0.29, 0.717) is 23.6 Å². The van der Waals surface area contributed by atoms with E-state index in [9.17, 15) is 13.2 Å². The summed E-state index contributed by atoms with van der Waals surface area (Å²) in [5, 5.41) is 9.44. The summed E-state index contributed by atoms with van der Waals surface area (Å²) in [6.45, 7) is 2.45. The van der Waals surface area contributed by atoms with Gasteiger partial charge in [-0.15, -0.1) is 0 Å². The molecule has 1 aliphatic rings. The van der Waals surface area contributed by atoms with Crippen LogP contribution >= 0.6 is 11.6 Å². The summed E-state index contributed by atoms with van der Waals surface area (Å²) in [7, 11) is 0. The van der Waals surface area contributed by atoms with Gasteiger partial charge in [-0.1, -0.05) is 29.8 Å². The van der Waals surface area contributed by atoms with Gasteiger partial charge in [0.2, 0.25) is 0 Å². The third kappa shape index (κ3) is 3.19. The van der Waals surface area contributed by atoms with Gasteiger partial charge in [0.1, 0.15) is 6.07 Å². The van der Waals surface area contributed by atoms with Crippen molar-refractivity contribution < 1.29 is 13.2 Å². The Morgan fingerprint density at radius 2 is 1.92 bits per heavy atom. The van der Waals surface area contributed by atoms with Gasteiger partial charge in [-0.25, -0.2) is 0 Å². The second kappa shape index (κ2) is 6.61. The molecule has 0 saturated carbocycles. The molecule has 0 radical (unpaired) electrons. The van der Waals surface area contributed by atoms with Gasteiger partial charge in [0.25, 0.3) is 0 Å². The molecule has 1 fully saturated rings. The molecule has 0 N–H and O–H groups in total. The number of rotatable bonds is 2. The van der Waals surface area contributed by atoms with Crippen molar-refractivity contribution in [2.45, 2.75) is 32.0 Å². The molecule has 0 bridgehead atoms. The van der Waals surface area contributed by atoms with E-state index in [4.69, 9.17) is 16.9 Å². The van der Waals surface area contributed by atoms with Crippen molar-refractivity contribution in [2.24, 2.45) is 0 Å². The maximum Gasteiger partial charge on any atom is 0.416 e. The number of nitriles is 1. The van der Waals surface area contributed by atoms with Crippen LogP contribution < -0.4 is 4.90 Å². The van der Waals surface area contributed by atoms with Crippen molar-refractivity contribution in [3.05, 3.63) is 63.7 Å². The standard InChI is InChI=1S/C19H16ClF3N2/c1-12-16(9-8-13(11-24)18(12)20)25-10-4-7-17(25)14-5-2-3-6-15(14)19(21,22)23/h2-3,5-6,8-9,17H,4,7,10H2,1H3. The first-order valence-corrected chi connectivity index (χ1v) is 8.34. The molecular formula is C19H16ClF3N2. The van der Waals surface area contributed by atoms with Crippen LogP contribution in [-0.2, 0) is 6.18 Å². The fourth-order valence-electron chi connectivity index (χ4n) is 3.50. The smallest absolute Gasteiger partial charge is 0.364 e. The van der Waals surface area contributed by atoms with Crippen molar-refractivity contribution in [2.75, 3.05) is 11.4 Å². The van der Waals surface area contributed by atoms with Crippen LogP contribution in [0.2, 0.25) is 5.02 Å². The predicted octanol–water partition coefficient (Wildman–Crippen LogP) is 5.88. The summed E-state index contributed by atoms with van der Waals surface area (Å²) in [6.07, 6.45) is -2.94. The number of anilines is 1. The van der Waals surface area contributed by atoms with Crippen LogP contribution in [-0.4, -0.2) is 6.54 Å². The van der Waals surface area contributed by atoms with Gasteiger partial charge in [0, 0.05) is 12.2 Å². The van der Waals surface area contributed by atoms with E-state index in [0.717, 1.165) is 23.7 Å². The number of hydrogen-bond acceptors (Lipinski definition) is 2. The van der Waals surface area contributed by atoms with Gasteiger partial charge < -0.3 is 4.90 Å². The van der Waals surface area contributed by atoms with Crippen LogP contribution in [0.4, 0.5) is 18.9 Å². The molecule has 2 aromatic rings. The molecular weight excluding hydrogens is 349 g/mol. The van der Waals surface area contributed by atoms with Crippen molar-refractivity contribution in [3.63, 3.8) is 0 Å². The number of hydrogen-bond donors (Lipinski definition) is 0. The SMILES string of the molecule is Cc1c(N2CCCC2c2ccccc2C(F)(F)F)ccc(C#N)c1Cl. The number of benzene rings is 2. The molecule has 1 aliphatic heterocycles. The molecule has 3 rings (SSSR count). The van der Waals surface area contributed by atoms with Crippen LogP contribution in [0, 0.1) is 18.3 Å². The lowest BCUT2D eigenvalue weighted by Gasteiger charge is -2.30. The molecule has 2 nitrogen and oxygen atoms in total. The van der Waals surface area contributed by atoms with E-state index in [1.54, 1.807) is 31.2 Å². The van der Waals surface area contributed by atoms with Gasteiger partial charge in [-0.3, -0.25) is 0 Å². The van der Waals surface area contributed by atoms with Crippen LogP contribution in [0.25, 0.3) is 0 Å². The maximum absolute atomic E-state index is 13.4. The molecule has 2 aromatic carbocycles. The van der Waals surface area contributed by atoms with Crippen molar-refractivity contribution in [3.8, 4) is 6.07 Å². The molecule has 1 saturated heterocycles. The zero-order chi connectivity index (χ0) is 18.2. The molecule has 0 amide bonds. The zero-order valence-corrected chi connectivity index (χ0v) is 14.3. The topological polar surface area (TPSA) is 27.0 Å². The van der Waals surface area contributed by atoms with Crippen molar-refractivity contribution in [1.82, 2.24) is 0 Å². The Kier molecular flexibility index (Phi) is 4.66. The van der Waals surface area contributed by atoms with E-state index < -0.39 is 11.7 Å². The minimum Gasteiger partial charge on any atom is -0.364 e. The summed E-state index contributed by atoms with van der Waals surface area (Å²) >= 11 is 6.25. The van der Waals surface area contributed by atoms with Gasteiger partial charge in [-0.2, -0.15) is 18.4 Å². The first-order valence-electron chi connectivity index (χ1n) is 7.96. The highest BCUT2D eigenvalue weighted by molar-refractivity contribution is 6.32. The summed E-state index contributed by atoms with van der Waals surface area (Å²) in [4.78, 5) is 1.97. The van der Waals surface area contributed by atoms with E-state index in [1.165, 1.54) is 6.07 Å². The summed E-state index contributed by atoms with van der Waals surface area (Å²) in [6, 6.07) is 10.8. The summed E-state index contributed by atoms with van der Waals surface area (Å²) in [5.41, 5.74) is 1.56. The lowest BCUT2D eigenvalue weighted by Crippen LogP contribution is -2.25. The average Bonchev–Trinajstić information content (AvgIpc) is 3.06. The zero-order valence-electron chi connectivity index (χ0n) is 13.6. The first kappa shape index (κ1) is 17.6. The summed E-state index contributed by atoms with van der Waals surface area (Å²) in [5.74, 6) is 0. The third-order valence-electron chi connectivity index (χ3n) is 4.67. The Balaban J connectivity index is 2.07. The van der Waals surface area contributed by atoms with E-state index in [2.05, 4.69) is 0 Å². The van der Waals surface area contributed by atoms with Crippen molar-refractivity contribution in [1.29, 1.82) is 5.26 Å². The molecule has 1 heterocycles. The molecule has 0 aromatic heterocycles. The highest BCUT2D eigenvalue weighted by Gasteiger charge is 2.38. The molecule has 130 valence electrons.